The van der Waals surface area contributed by atoms with Crippen LogP contribution >= 0.6 is 0 Å². The summed E-state index contributed by atoms with van der Waals surface area (Å²) in [5, 5.41) is 7.17. The molecule has 2 saturated heterocycles. The van der Waals surface area contributed by atoms with Crippen molar-refractivity contribution in [2.75, 3.05) is 33.3 Å². The number of likely N-dealkylation sites (tertiary alicyclic amines) is 1. The molecule has 0 spiro atoms. The fourth-order valence-corrected chi connectivity index (χ4v) is 4.71. The molecule has 0 bridgehead atoms. The first-order valence-corrected chi connectivity index (χ1v) is 11.4. The number of nitrogens with zero attached hydrogens (tertiary/aromatic N) is 2. The first kappa shape index (κ1) is 23.0. The van der Waals surface area contributed by atoms with Gasteiger partial charge < -0.3 is 15.4 Å². The lowest BCUT2D eigenvalue weighted by Gasteiger charge is -2.40. The summed E-state index contributed by atoms with van der Waals surface area (Å²) < 4.78 is 19.2. The third kappa shape index (κ3) is 6.67. The van der Waals surface area contributed by atoms with E-state index >= 15 is 0 Å². The Balaban J connectivity index is 1.42. The van der Waals surface area contributed by atoms with Crippen molar-refractivity contribution in [2.24, 2.45) is 16.3 Å². The maximum atomic E-state index is 13.1. The summed E-state index contributed by atoms with van der Waals surface area (Å²) in [5.74, 6) is 1.23. The molecule has 1 aromatic rings. The molecule has 2 fully saturated rings. The van der Waals surface area contributed by atoms with Gasteiger partial charge in [0, 0.05) is 51.8 Å². The second kappa shape index (κ2) is 10.6. The van der Waals surface area contributed by atoms with Gasteiger partial charge in [-0.2, -0.15) is 0 Å². The number of hydrogen-bond donors (Lipinski definition) is 2. The minimum atomic E-state index is -0.172. The molecule has 0 saturated carbocycles. The molecule has 5 nitrogen and oxygen atoms in total. The third-order valence-electron chi connectivity index (χ3n) is 6.30. The van der Waals surface area contributed by atoms with E-state index in [0.717, 1.165) is 58.0 Å². The Morgan fingerprint density at radius 2 is 1.87 bits per heavy atom. The Morgan fingerprint density at radius 3 is 2.50 bits per heavy atom. The van der Waals surface area contributed by atoms with Crippen molar-refractivity contribution in [3.8, 4) is 0 Å². The maximum Gasteiger partial charge on any atom is 0.191 e. The van der Waals surface area contributed by atoms with Crippen molar-refractivity contribution in [1.29, 1.82) is 0 Å². The van der Waals surface area contributed by atoms with Gasteiger partial charge in [0.05, 0.1) is 6.10 Å². The van der Waals surface area contributed by atoms with Crippen LogP contribution < -0.4 is 10.6 Å². The van der Waals surface area contributed by atoms with Gasteiger partial charge in [0.1, 0.15) is 5.82 Å². The van der Waals surface area contributed by atoms with E-state index in [1.54, 1.807) is 12.1 Å². The van der Waals surface area contributed by atoms with E-state index in [1.165, 1.54) is 12.0 Å². The smallest absolute Gasteiger partial charge is 0.191 e. The lowest BCUT2D eigenvalue weighted by atomic mass is 9.78. The van der Waals surface area contributed by atoms with Crippen LogP contribution in [0.3, 0.4) is 0 Å². The van der Waals surface area contributed by atoms with Crippen LogP contribution in [-0.4, -0.2) is 56.3 Å². The van der Waals surface area contributed by atoms with E-state index in [2.05, 4.69) is 41.3 Å². The molecular formula is C24H39FN4O. The molecule has 2 aliphatic rings. The zero-order chi connectivity index (χ0) is 21.6. The molecule has 30 heavy (non-hydrogen) atoms. The van der Waals surface area contributed by atoms with Crippen LogP contribution in [0.15, 0.2) is 29.3 Å². The second-order valence-electron chi connectivity index (χ2n) is 9.83. The van der Waals surface area contributed by atoms with Gasteiger partial charge in [-0.05, 0) is 48.8 Å². The minimum Gasteiger partial charge on any atom is -0.377 e. The number of ether oxygens (including phenoxy) is 1. The lowest BCUT2D eigenvalue weighted by Crippen LogP contribution is -2.51. The maximum absolute atomic E-state index is 13.1. The molecular weight excluding hydrogens is 379 g/mol. The van der Waals surface area contributed by atoms with Gasteiger partial charge in [-0.3, -0.25) is 9.89 Å². The lowest BCUT2D eigenvalue weighted by molar-refractivity contribution is -0.0835. The first-order chi connectivity index (χ1) is 14.3. The van der Waals surface area contributed by atoms with Crippen LogP contribution in [0.1, 0.15) is 52.0 Å². The van der Waals surface area contributed by atoms with E-state index in [9.17, 15) is 4.39 Å². The summed E-state index contributed by atoms with van der Waals surface area (Å²) in [7, 11) is 1.84. The largest absolute Gasteiger partial charge is 0.377 e. The first-order valence-electron chi connectivity index (χ1n) is 11.4. The van der Waals surface area contributed by atoms with Crippen LogP contribution in [0.25, 0.3) is 0 Å². The Labute approximate surface area is 181 Å². The van der Waals surface area contributed by atoms with E-state index in [-0.39, 0.29) is 17.3 Å². The number of halogens is 1. The average molecular weight is 419 g/mol. The number of piperidine rings is 1. The van der Waals surface area contributed by atoms with Gasteiger partial charge in [-0.25, -0.2) is 4.39 Å². The van der Waals surface area contributed by atoms with Crippen LogP contribution in [0, 0.1) is 17.2 Å². The number of rotatable bonds is 5. The van der Waals surface area contributed by atoms with Crippen LogP contribution in [-0.2, 0) is 11.3 Å². The van der Waals surface area contributed by atoms with E-state index in [0.29, 0.717) is 12.0 Å². The number of benzene rings is 1. The van der Waals surface area contributed by atoms with Gasteiger partial charge in [0.25, 0.3) is 0 Å². The highest BCUT2D eigenvalue weighted by molar-refractivity contribution is 5.79. The third-order valence-corrected chi connectivity index (χ3v) is 6.30. The standard InChI is InChI=1S/C24H39FN4O/c1-24(2,3)22-19(6-5-15-30-22)16-27-23(26-4)28-21-11-13-29(14-12-21)17-18-7-9-20(25)10-8-18/h7-10,19,21-22H,5-6,11-17H2,1-4H3,(H2,26,27,28). The van der Waals surface area contributed by atoms with Crippen LogP contribution in [0.2, 0.25) is 0 Å². The Morgan fingerprint density at radius 1 is 1.17 bits per heavy atom. The highest BCUT2D eigenvalue weighted by Crippen LogP contribution is 2.33. The van der Waals surface area contributed by atoms with E-state index < -0.39 is 0 Å². The molecule has 2 aliphatic heterocycles. The fourth-order valence-electron chi connectivity index (χ4n) is 4.71. The van der Waals surface area contributed by atoms with Crippen molar-refractivity contribution in [3.63, 3.8) is 0 Å². The molecule has 6 heteroatoms. The molecule has 2 unspecified atom stereocenters. The van der Waals surface area contributed by atoms with E-state index in [1.807, 2.05) is 19.2 Å². The molecule has 168 valence electrons. The Hall–Kier alpha value is -1.66. The predicted molar refractivity (Wildman–Crippen MR) is 121 cm³/mol. The van der Waals surface area contributed by atoms with Gasteiger partial charge >= 0.3 is 0 Å². The Bertz CT molecular complexity index is 677. The summed E-state index contributed by atoms with van der Waals surface area (Å²) in [6.07, 6.45) is 4.79. The number of hydrogen-bond acceptors (Lipinski definition) is 3. The average Bonchev–Trinajstić information content (AvgIpc) is 2.73. The minimum absolute atomic E-state index is 0.154. The van der Waals surface area contributed by atoms with Gasteiger partial charge in [0.15, 0.2) is 5.96 Å². The fraction of sp³-hybridized carbons (Fsp3) is 0.708. The second-order valence-corrected chi connectivity index (χ2v) is 9.83. The summed E-state index contributed by atoms with van der Waals surface area (Å²) in [4.78, 5) is 6.89. The highest BCUT2D eigenvalue weighted by Gasteiger charge is 2.35. The molecule has 0 radical (unpaired) electrons. The molecule has 0 aromatic heterocycles. The van der Waals surface area contributed by atoms with Crippen molar-refractivity contribution < 1.29 is 9.13 Å². The number of aliphatic imine (C=N–C) groups is 1. The molecule has 2 N–H and O–H groups in total. The zero-order valence-corrected chi connectivity index (χ0v) is 19.1. The Kier molecular flexibility index (Phi) is 8.12. The monoisotopic (exact) mass is 418 g/mol. The molecule has 2 atom stereocenters. The predicted octanol–water partition coefficient (Wildman–Crippen LogP) is 3.80. The summed E-state index contributed by atoms with van der Waals surface area (Å²) >= 11 is 0. The summed E-state index contributed by atoms with van der Waals surface area (Å²) in [5.41, 5.74) is 1.32. The topological polar surface area (TPSA) is 48.9 Å². The molecule has 0 aliphatic carbocycles. The van der Waals surface area contributed by atoms with Crippen LogP contribution in [0.4, 0.5) is 4.39 Å². The molecule has 3 rings (SSSR count). The van der Waals surface area contributed by atoms with Gasteiger partial charge in [-0.1, -0.05) is 32.9 Å². The van der Waals surface area contributed by atoms with Gasteiger partial charge in [-0.15, -0.1) is 0 Å². The quantitative estimate of drug-likeness (QED) is 0.564. The highest BCUT2D eigenvalue weighted by atomic mass is 19.1. The van der Waals surface area contributed by atoms with Crippen molar-refractivity contribution in [3.05, 3.63) is 35.6 Å². The molecule has 2 heterocycles. The number of guanidine groups is 1. The normalized spacial score (nSPS) is 24.6. The van der Waals surface area contributed by atoms with Gasteiger partial charge in [0.2, 0.25) is 0 Å². The summed E-state index contributed by atoms with van der Waals surface area (Å²) in [6.45, 7) is 11.5. The summed E-state index contributed by atoms with van der Waals surface area (Å²) in [6, 6.07) is 7.28. The van der Waals surface area contributed by atoms with Crippen molar-refractivity contribution >= 4 is 5.96 Å². The van der Waals surface area contributed by atoms with E-state index in [4.69, 9.17) is 4.74 Å². The van der Waals surface area contributed by atoms with Crippen LogP contribution in [0.5, 0.6) is 0 Å². The SMILES string of the molecule is CN=C(NCC1CCCOC1C(C)(C)C)NC1CCN(Cc2ccc(F)cc2)CC1. The van der Waals surface area contributed by atoms with Crippen molar-refractivity contribution in [1.82, 2.24) is 15.5 Å². The van der Waals surface area contributed by atoms with Crippen molar-refractivity contribution in [2.45, 2.75) is 65.1 Å². The number of nitrogens with one attached hydrogen (secondary N) is 2. The molecule has 1 aromatic carbocycles. The zero-order valence-electron chi connectivity index (χ0n) is 19.1. The molecule has 0 amide bonds.